The van der Waals surface area contributed by atoms with Crippen LogP contribution in [-0.2, 0) is 9.47 Å². The van der Waals surface area contributed by atoms with Gasteiger partial charge in [0.2, 0.25) is 0 Å². The van der Waals surface area contributed by atoms with Crippen LogP contribution in [0.15, 0.2) is 0 Å². The molecule has 4 heteroatoms. The van der Waals surface area contributed by atoms with Crippen LogP contribution in [-0.4, -0.2) is 41.9 Å². The van der Waals surface area contributed by atoms with Crippen LogP contribution in [0.4, 0.5) is 0 Å². The van der Waals surface area contributed by atoms with Crippen LogP contribution in [0.5, 0.6) is 0 Å². The van der Waals surface area contributed by atoms with Gasteiger partial charge in [-0.15, -0.1) is 0 Å². The number of ether oxygens (including phenoxy) is 2. The molecule has 0 radical (unpaired) electrons. The van der Waals surface area contributed by atoms with E-state index in [1.807, 2.05) is 0 Å². The maximum absolute atomic E-state index is 9.24. The molecular formula is C7H14O4. The Hall–Kier alpha value is -0.160. The second kappa shape index (κ2) is 3.49. The van der Waals surface area contributed by atoms with Gasteiger partial charge in [-0.05, 0) is 6.92 Å². The van der Waals surface area contributed by atoms with Crippen molar-refractivity contribution in [3.63, 3.8) is 0 Å². The predicted molar refractivity (Wildman–Crippen MR) is 38.0 cm³/mol. The van der Waals surface area contributed by atoms with E-state index < -0.39 is 12.2 Å². The largest absolute Gasteiger partial charge is 0.390 e. The number of rotatable bonds is 1. The fraction of sp³-hybridized carbons (Fsp3) is 1.00. The molecule has 4 nitrogen and oxygen atoms in total. The van der Waals surface area contributed by atoms with Crippen molar-refractivity contribution in [1.29, 1.82) is 0 Å². The third-order valence-electron chi connectivity index (χ3n) is 1.94. The molecule has 0 unspecified atom stereocenters. The summed E-state index contributed by atoms with van der Waals surface area (Å²) >= 11 is 0. The van der Waals surface area contributed by atoms with Gasteiger partial charge in [-0.3, -0.25) is 0 Å². The number of aliphatic hydroxyl groups is 2. The lowest BCUT2D eigenvalue weighted by Gasteiger charge is -2.34. The highest BCUT2D eigenvalue weighted by molar-refractivity contribution is 4.79. The smallest absolute Gasteiger partial charge is 0.160 e. The van der Waals surface area contributed by atoms with Crippen LogP contribution in [0.3, 0.4) is 0 Å². The number of hydrogen-bond donors (Lipinski definition) is 2. The zero-order valence-electron chi connectivity index (χ0n) is 6.73. The Morgan fingerprint density at radius 3 is 2.55 bits per heavy atom. The van der Waals surface area contributed by atoms with Crippen LogP contribution >= 0.6 is 0 Å². The maximum Gasteiger partial charge on any atom is 0.160 e. The van der Waals surface area contributed by atoms with Crippen molar-refractivity contribution in [2.75, 3.05) is 7.11 Å². The van der Waals surface area contributed by atoms with Crippen molar-refractivity contribution < 1.29 is 19.7 Å². The van der Waals surface area contributed by atoms with Crippen molar-refractivity contribution in [2.45, 2.75) is 37.9 Å². The van der Waals surface area contributed by atoms with Gasteiger partial charge in [-0.1, -0.05) is 0 Å². The first-order chi connectivity index (χ1) is 5.15. The van der Waals surface area contributed by atoms with E-state index in [1.165, 1.54) is 7.11 Å². The average Bonchev–Trinajstić information content (AvgIpc) is 1.99. The number of methoxy groups -OCH3 is 1. The van der Waals surface area contributed by atoms with E-state index in [0.717, 1.165) is 0 Å². The van der Waals surface area contributed by atoms with Gasteiger partial charge in [0.05, 0.1) is 12.2 Å². The van der Waals surface area contributed by atoms with Gasteiger partial charge in [0.1, 0.15) is 6.10 Å². The first-order valence-corrected chi connectivity index (χ1v) is 3.69. The molecule has 2 N–H and O–H groups in total. The molecular weight excluding hydrogens is 148 g/mol. The third-order valence-corrected chi connectivity index (χ3v) is 1.94. The quantitative estimate of drug-likeness (QED) is 0.545. The van der Waals surface area contributed by atoms with Crippen molar-refractivity contribution in [3.8, 4) is 0 Å². The Morgan fingerprint density at radius 2 is 2.09 bits per heavy atom. The van der Waals surface area contributed by atoms with Crippen LogP contribution in [0, 0.1) is 0 Å². The molecule has 66 valence electrons. The molecule has 4 atom stereocenters. The Bertz CT molecular complexity index is 116. The fourth-order valence-electron chi connectivity index (χ4n) is 1.18. The average molecular weight is 162 g/mol. The van der Waals surface area contributed by atoms with Gasteiger partial charge in [-0.2, -0.15) is 0 Å². The van der Waals surface area contributed by atoms with Gasteiger partial charge in [0.25, 0.3) is 0 Å². The summed E-state index contributed by atoms with van der Waals surface area (Å²) in [4.78, 5) is 0. The van der Waals surface area contributed by atoms with E-state index in [4.69, 9.17) is 9.47 Å². The summed E-state index contributed by atoms with van der Waals surface area (Å²) in [7, 11) is 1.52. The van der Waals surface area contributed by atoms with Crippen LogP contribution in [0.25, 0.3) is 0 Å². The summed E-state index contributed by atoms with van der Waals surface area (Å²) in [6, 6.07) is 0. The number of hydrogen-bond acceptors (Lipinski definition) is 4. The molecule has 0 aromatic heterocycles. The summed E-state index contributed by atoms with van der Waals surface area (Å²) in [5.74, 6) is 0. The van der Waals surface area contributed by atoms with E-state index >= 15 is 0 Å². The molecule has 0 amide bonds. The first-order valence-electron chi connectivity index (χ1n) is 3.69. The van der Waals surface area contributed by atoms with E-state index in [-0.39, 0.29) is 12.4 Å². The summed E-state index contributed by atoms with van der Waals surface area (Å²) in [6.07, 6.45) is -1.93. The highest BCUT2D eigenvalue weighted by Crippen LogP contribution is 2.19. The van der Waals surface area contributed by atoms with E-state index in [9.17, 15) is 10.2 Å². The van der Waals surface area contributed by atoms with Gasteiger partial charge in [-0.25, -0.2) is 0 Å². The maximum atomic E-state index is 9.24. The lowest BCUT2D eigenvalue weighted by atomic mass is 10.0. The van der Waals surface area contributed by atoms with Crippen molar-refractivity contribution in [2.24, 2.45) is 0 Å². The molecule has 0 bridgehead atoms. The van der Waals surface area contributed by atoms with Crippen molar-refractivity contribution in [1.82, 2.24) is 0 Å². The summed E-state index contributed by atoms with van der Waals surface area (Å²) in [5, 5.41) is 18.5. The Kier molecular flexibility index (Phi) is 2.84. The zero-order chi connectivity index (χ0) is 8.43. The summed E-state index contributed by atoms with van der Waals surface area (Å²) in [6.45, 7) is 1.71. The summed E-state index contributed by atoms with van der Waals surface area (Å²) < 4.78 is 10.1. The summed E-state index contributed by atoms with van der Waals surface area (Å²) in [5.41, 5.74) is 0. The molecule has 0 saturated carbocycles. The van der Waals surface area contributed by atoms with E-state index in [2.05, 4.69) is 0 Å². The molecule has 0 aliphatic carbocycles. The number of aliphatic hydroxyl groups excluding tert-OH is 2. The standard InChI is InChI=1S/C7H14O4/c1-4-7(9)5(8)3-6(10-2)11-4/h4-9H,3H2,1-2H3/t4-,5-,6-,7+/m0/s1. The first kappa shape index (κ1) is 8.93. The van der Waals surface area contributed by atoms with E-state index in [0.29, 0.717) is 6.42 Å². The SMILES string of the molecule is CO[C@@H]1C[C@H](O)[C@H](O)[C@H](C)O1. The normalized spacial score (nSPS) is 45.8. The molecule has 11 heavy (non-hydrogen) atoms. The zero-order valence-corrected chi connectivity index (χ0v) is 6.73. The molecule has 1 heterocycles. The van der Waals surface area contributed by atoms with Gasteiger partial charge in [0, 0.05) is 13.5 Å². The van der Waals surface area contributed by atoms with Crippen LogP contribution in [0.1, 0.15) is 13.3 Å². The highest BCUT2D eigenvalue weighted by Gasteiger charge is 2.33. The molecule has 1 aliphatic rings. The Labute approximate surface area is 65.7 Å². The van der Waals surface area contributed by atoms with E-state index in [1.54, 1.807) is 6.92 Å². The fourth-order valence-corrected chi connectivity index (χ4v) is 1.18. The third kappa shape index (κ3) is 1.90. The molecule has 1 aliphatic heterocycles. The van der Waals surface area contributed by atoms with Crippen molar-refractivity contribution in [3.05, 3.63) is 0 Å². The topological polar surface area (TPSA) is 58.9 Å². The lowest BCUT2D eigenvalue weighted by molar-refractivity contribution is -0.237. The minimum absolute atomic E-state index is 0.335. The Morgan fingerprint density at radius 1 is 1.45 bits per heavy atom. The van der Waals surface area contributed by atoms with Crippen molar-refractivity contribution >= 4 is 0 Å². The lowest BCUT2D eigenvalue weighted by Crippen LogP contribution is -2.47. The molecule has 0 spiro atoms. The molecule has 0 aromatic rings. The van der Waals surface area contributed by atoms with Crippen LogP contribution in [0.2, 0.25) is 0 Å². The minimum Gasteiger partial charge on any atom is -0.390 e. The molecule has 1 fully saturated rings. The Balaban J connectivity index is 2.47. The second-order valence-electron chi connectivity index (χ2n) is 2.80. The highest BCUT2D eigenvalue weighted by atomic mass is 16.7. The van der Waals surface area contributed by atoms with Gasteiger partial charge < -0.3 is 19.7 Å². The molecule has 1 rings (SSSR count). The second-order valence-corrected chi connectivity index (χ2v) is 2.80. The van der Waals surface area contributed by atoms with Gasteiger partial charge in [0.15, 0.2) is 6.29 Å². The van der Waals surface area contributed by atoms with Gasteiger partial charge >= 0.3 is 0 Å². The minimum atomic E-state index is -0.790. The molecule has 1 saturated heterocycles. The monoisotopic (exact) mass is 162 g/mol. The van der Waals surface area contributed by atoms with Crippen LogP contribution < -0.4 is 0 Å². The predicted octanol–water partition coefficient (Wildman–Crippen LogP) is -0.510. The molecule has 0 aromatic carbocycles.